The summed E-state index contributed by atoms with van der Waals surface area (Å²) in [4.78, 5) is 20.5. The molecule has 2 heterocycles. The fraction of sp³-hybridized carbons (Fsp3) is 0.167. The van der Waals surface area contributed by atoms with Crippen LogP contribution < -0.4 is 5.32 Å². The molecule has 3 rings (SSSR count). The molecule has 0 aliphatic carbocycles. The zero-order chi connectivity index (χ0) is 16.2. The van der Waals surface area contributed by atoms with Crippen LogP contribution in [0.3, 0.4) is 0 Å². The van der Waals surface area contributed by atoms with E-state index in [9.17, 15) is 4.79 Å². The van der Waals surface area contributed by atoms with Crippen molar-refractivity contribution in [1.29, 1.82) is 0 Å². The fourth-order valence-electron chi connectivity index (χ4n) is 2.23. The molecule has 1 aromatic carbocycles. The standard InChI is InChI=1S/C18H18N4O/c1-13(2)14-3-5-15(6-4-14)18(23)21-16-7-8-17(20-11-16)22-10-9-19-12-22/h3-13H,1-2H3,(H,21,23). The highest BCUT2D eigenvalue weighted by atomic mass is 16.1. The van der Waals surface area contributed by atoms with Crippen LogP contribution in [-0.2, 0) is 0 Å². The molecule has 0 fully saturated rings. The highest BCUT2D eigenvalue weighted by Crippen LogP contribution is 2.16. The molecule has 1 amide bonds. The molecular formula is C18H18N4O. The molecule has 0 saturated heterocycles. The number of hydrogen-bond acceptors (Lipinski definition) is 3. The second-order valence-electron chi connectivity index (χ2n) is 5.61. The Kier molecular flexibility index (Phi) is 4.19. The molecule has 0 saturated carbocycles. The monoisotopic (exact) mass is 306 g/mol. The van der Waals surface area contributed by atoms with Gasteiger partial charge >= 0.3 is 0 Å². The first-order chi connectivity index (χ1) is 11.1. The first-order valence-electron chi connectivity index (χ1n) is 7.49. The highest BCUT2D eigenvalue weighted by Gasteiger charge is 2.07. The number of carbonyl (C=O) groups is 1. The lowest BCUT2D eigenvalue weighted by molar-refractivity contribution is 0.102. The smallest absolute Gasteiger partial charge is 0.255 e. The van der Waals surface area contributed by atoms with Gasteiger partial charge in [0.25, 0.3) is 5.91 Å². The molecule has 3 aromatic rings. The van der Waals surface area contributed by atoms with E-state index in [-0.39, 0.29) is 5.91 Å². The maximum atomic E-state index is 12.3. The number of rotatable bonds is 4. The average molecular weight is 306 g/mol. The summed E-state index contributed by atoms with van der Waals surface area (Å²) in [5.74, 6) is 1.06. The third-order valence-electron chi connectivity index (χ3n) is 3.61. The molecule has 5 heteroatoms. The number of hydrogen-bond donors (Lipinski definition) is 1. The minimum absolute atomic E-state index is 0.141. The van der Waals surface area contributed by atoms with Crippen LogP contribution >= 0.6 is 0 Å². The maximum Gasteiger partial charge on any atom is 0.255 e. The van der Waals surface area contributed by atoms with Gasteiger partial charge in [-0.2, -0.15) is 0 Å². The van der Waals surface area contributed by atoms with Gasteiger partial charge in [-0.15, -0.1) is 0 Å². The minimum Gasteiger partial charge on any atom is -0.321 e. The Hall–Kier alpha value is -2.95. The SMILES string of the molecule is CC(C)c1ccc(C(=O)Nc2ccc(-n3ccnc3)nc2)cc1. The van der Waals surface area contributed by atoms with E-state index < -0.39 is 0 Å². The van der Waals surface area contributed by atoms with Crippen molar-refractivity contribution in [3.63, 3.8) is 0 Å². The molecule has 0 bridgehead atoms. The number of nitrogens with one attached hydrogen (secondary N) is 1. The molecule has 2 aromatic heterocycles. The summed E-state index contributed by atoms with van der Waals surface area (Å²) >= 11 is 0. The summed E-state index contributed by atoms with van der Waals surface area (Å²) in [5, 5.41) is 2.85. The third-order valence-corrected chi connectivity index (χ3v) is 3.61. The van der Waals surface area contributed by atoms with Crippen LogP contribution in [0.1, 0.15) is 35.7 Å². The van der Waals surface area contributed by atoms with Crippen molar-refractivity contribution in [2.75, 3.05) is 5.32 Å². The van der Waals surface area contributed by atoms with Crippen molar-refractivity contribution < 1.29 is 4.79 Å². The topological polar surface area (TPSA) is 59.8 Å². The van der Waals surface area contributed by atoms with Gasteiger partial charge in [0.15, 0.2) is 0 Å². The highest BCUT2D eigenvalue weighted by molar-refractivity contribution is 6.04. The third kappa shape index (κ3) is 3.45. The van der Waals surface area contributed by atoms with Crippen molar-refractivity contribution in [3.05, 3.63) is 72.4 Å². The molecule has 5 nitrogen and oxygen atoms in total. The number of aromatic nitrogens is 3. The van der Waals surface area contributed by atoms with Crippen LogP contribution in [0.5, 0.6) is 0 Å². The Bertz CT molecular complexity index is 775. The van der Waals surface area contributed by atoms with E-state index in [4.69, 9.17) is 0 Å². The summed E-state index contributed by atoms with van der Waals surface area (Å²) in [6.07, 6.45) is 6.82. The van der Waals surface area contributed by atoms with Crippen LogP contribution in [0.2, 0.25) is 0 Å². The summed E-state index contributed by atoms with van der Waals surface area (Å²) in [6, 6.07) is 11.3. The van der Waals surface area contributed by atoms with E-state index in [1.807, 2.05) is 42.6 Å². The van der Waals surface area contributed by atoms with E-state index in [1.165, 1.54) is 5.56 Å². The second-order valence-corrected chi connectivity index (χ2v) is 5.61. The van der Waals surface area contributed by atoms with Crippen molar-refractivity contribution in [3.8, 4) is 5.82 Å². The lowest BCUT2D eigenvalue weighted by Crippen LogP contribution is -2.12. The molecule has 0 aliphatic heterocycles. The first-order valence-corrected chi connectivity index (χ1v) is 7.49. The van der Waals surface area contributed by atoms with E-state index in [1.54, 1.807) is 23.3 Å². The van der Waals surface area contributed by atoms with Gasteiger partial charge in [0, 0.05) is 18.0 Å². The van der Waals surface area contributed by atoms with Gasteiger partial charge in [0.2, 0.25) is 0 Å². The van der Waals surface area contributed by atoms with Gasteiger partial charge < -0.3 is 5.32 Å². The van der Waals surface area contributed by atoms with Crippen molar-refractivity contribution in [2.45, 2.75) is 19.8 Å². The Labute approximate surface area is 135 Å². The van der Waals surface area contributed by atoms with Crippen LogP contribution in [0, 0.1) is 0 Å². The number of benzene rings is 1. The predicted octanol–water partition coefficient (Wildman–Crippen LogP) is 3.64. The van der Waals surface area contributed by atoms with Gasteiger partial charge in [0.05, 0.1) is 11.9 Å². The molecule has 0 radical (unpaired) electrons. The summed E-state index contributed by atoms with van der Waals surface area (Å²) in [7, 11) is 0. The van der Waals surface area contributed by atoms with Crippen LogP contribution in [0.4, 0.5) is 5.69 Å². The number of amides is 1. The summed E-state index contributed by atoms with van der Waals surface area (Å²) in [5.41, 5.74) is 2.51. The Morgan fingerprint density at radius 3 is 2.48 bits per heavy atom. The number of imidazole rings is 1. The Morgan fingerprint density at radius 1 is 1.13 bits per heavy atom. The molecule has 0 spiro atoms. The lowest BCUT2D eigenvalue weighted by atomic mass is 10.0. The number of nitrogens with zero attached hydrogens (tertiary/aromatic N) is 3. The van der Waals surface area contributed by atoms with E-state index in [2.05, 4.69) is 29.1 Å². The number of pyridine rings is 1. The van der Waals surface area contributed by atoms with Crippen molar-refractivity contribution in [1.82, 2.24) is 14.5 Å². The number of carbonyl (C=O) groups excluding carboxylic acids is 1. The molecule has 0 aliphatic rings. The molecule has 23 heavy (non-hydrogen) atoms. The normalized spacial score (nSPS) is 10.7. The zero-order valence-corrected chi connectivity index (χ0v) is 13.1. The fourth-order valence-corrected chi connectivity index (χ4v) is 2.23. The van der Waals surface area contributed by atoms with E-state index in [0.717, 1.165) is 5.82 Å². The summed E-state index contributed by atoms with van der Waals surface area (Å²) in [6.45, 7) is 4.26. The first kappa shape index (κ1) is 15.0. The molecule has 0 atom stereocenters. The Morgan fingerprint density at radius 2 is 1.91 bits per heavy atom. The van der Waals surface area contributed by atoms with Gasteiger partial charge in [-0.1, -0.05) is 26.0 Å². The van der Waals surface area contributed by atoms with Crippen LogP contribution in [0.25, 0.3) is 5.82 Å². The van der Waals surface area contributed by atoms with Crippen molar-refractivity contribution in [2.24, 2.45) is 0 Å². The molecular weight excluding hydrogens is 288 g/mol. The lowest BCUT2D eigenvalue weighted by Gasteiger charge is -2.08. The quantitative estimate of drug-likeness (QED) is 0.800. The summed E-state index contributed by atoms with van der Waals surface area (Å²) < 4.78 is 1.80. The van der Waals surface area contributed by atoms with E-state index in [0.29, 0.717) is 17.2 Å². The predicted molar refractivity (Wildman–Crippen MR) is 89.8 cm³/mol. The number of anilines is 1. The zero-order valence-electron chi connectivity index (χ0n) is 13.1. The van der Waals surface area contributed by atoms with E-state index >= 15 is 0 Å². The minimum atomic E-state index is -0.141. The van der Waals surface area contributed by atoms with Gasteiger partial charge in [-0.3, -0.25) is 9.36 Å². The molecule has 1 N–H and O–H groups in total. The molecule has 116 valence electrons. The van der Waals surface area contributed by atoms with Crippen molar-refractivity contribution >= 4 is 11.6 Å². The average Bonchev–Trinajstić information content (AvgIpc) is 3.10. The maximum absolute atomic E-state index is 12.3. The largest absolute Gasteiger partial charge is 0.321 e. The van der Waals surface area contributed by atoms with Gasteiger partial charge in [0.1, 0.15) is 12.1 Å². The van der Waals surface area contributed by atoms with Crippen LogP contribution in [0.15, 0.2) is 61.3 Å². The van der Waals surface area contributed by atoms with Crippen LogP contribution in [-0.4, -0.2) is 20.4 Å². The second kappa shape index (κ2) is 6.44. The molecule has 0 unspecified atom stereocenters. The Balaban J connectivity index is 1.70. The van der Waals surface area contributed by atoms with Gasteiger partial charge in [-0.25, -0.2) is 9.97 Å². The van der Waals surface area contributed by atoms with Gasteiger partial charge in [-0.05, 0) is 35.7 Å².